The Kier molecular flexibility index (Phi) is 4.63. The van der Waals surface area contributed by atoms with Crippen LogP contribution in [-0.2, 0) is 0 Å². The van der Waals surface area contributed by atoms with E-state index in [2.05, 4.69) is 5.32 Å². The van der Waals surface area contributed by atoms with Gasteiger partial charge in [0.05, 0.1) is 16.0 Å². The molecule has 25 heavy (non-hydrogen) atoms. The molecule has 0 saturated heterocycles. The Hall–Kier alpha value is -2.99. The smallest absolute Gasteiger partial charge is 0.269 e. The Morgan fingerprint density at radius 1 is 1.12 bits per heavy atom. The van der Waals surface area contributed by atoms with Crippen LogP contribution in [0.15, 0.2) is 60.7 Å². The van der Waals surface area contributed by atoms with Crippen molar-refractivity contribution in [2.24, 2.45) is 0 Å². The Morgan fingerprint density at radius 3 is 2.44 bits per heavy atom. The van der Waals surface area contributed by atoms with Crippen LogP contribution >= 0.6 is 12.2 Å². The number of thiocarbonyl (C=S) groups is 1. The maximum atomic E-state index is 10.9. The van der Waals surface area contributed by atoms with E-state index in [1.165, 1.54) is 12.1 Å². The normalized spacial score (nSPS) is 11.9. The summed E-state index contributed by atoms with van der Waals surface area (Å²) in [7, 11) is 0. The van der Waals surface area contributed by atoms with E-state index in [1.54, 1.807) is 25.1 Å². The number of hydrogen-bond donors (Lipinski definition) is 2. The zero-order valence-electron chi connectivity index (χ0n) is 13.5. The second-order valence-corrected chi connectivity index (χ2v) is 6.31. The van der Waals surface area contributed by atoms with Gasteiger partial charge in [0.2, 0.25) is 0 Å². The number of nitrogens with zero attached hydrogens (tertiary/aromatic N) is 1. The minimum absolute atomic E-state index is 0.0173. The van der Waals surface area contributed by atoms with E-state index in [4.69, 9.17) is 12.2 Å². The molecule has 0 bridgehead atoms. The Bertz CT molecular complexity index is 955. The first-order valence-corrected chi connectivity index (χ1v) is 8.10. The fourth-order valence-corrected chi connectivity index (χ4v) is 3.02. The number of rotatable bonds is 4. The van der Waals surface area contributed by atoms with Crippen LogP contribution in [-0.4, -0.2) is 15.0 Å². The summed E-state index contributed by atoms with van der Waals surface area (Å²) in [5.41, 5.74) is 1.49. The fraction of sp³-hybridized carbons (Fsp3) is 0.105. The summed E-state index contributed by atoms with van der Waals surface area (Å²) < 4.78 is 0. The third kappa shape index (κ3) is 3.44. The number of non-ortho nitro benzene ring substituents is 1. The minimum atomic E-state index is -0.438. The van der Waals surface area contributed by atoms with Gasteiger partial charge in [-0.15, -0.1) is 0 Å². The summed E-state index contributed by atoms with van der Waals surface area (Å²) >= 11 is 5.20. The molecule has 0 aliphatic carbocycles. The number of hydrogen-bond acceptors (Lipinski definition) is 4. The number of fused-ring (bicyclic) bond motifs is 1. The molecule has 3 aromatic rings. The van der Waals surface area contributed by atoms with Crippen LogP contribution in [0.3, 0.4) is 0 Å². The van der Waals surface area contributed by atoms with Crippen molar-refractivity contribution in [3.05, 3.63) is 81.9 Å². The molecular weight excluding hydrogens is 336 g/mol. The number of phenolic OH excluding ortho intramolecular Hbond substituents is 1. The second kappa shape index (κ2) is 6.86. The summed E-state index contributed by atoms with van der Waals surface area (Å²) in [4.78, 5) is 11.0. The predicted octanol–water partition coefficient (Wildman–Crippen LogP) is 4.48. The summed E-state index contributed by atoms with van der Waals surface area (Å²) in [6.45, 7) is 1.76. The predicted molar refractivity (Wildman–Crippen MR) is 102 cm³/mol. The summed E-state index contributed by atoms with van der Waals surface area (Å²) in [5, 5.41) is 26.5. The largest absolute Gasteiger partial charge is 0.508 e. The Morgan fingerprint density at radius 2 is 1.80 bits per heavy atom. The molecular formula is C19H16N2O3S. The summed E-state index contributed by atoms with van der Waals surface area (Å²) in [5.74, 6) is 0.144. The third-order valence-electron chi connectivity index (χ3n) is 4.02. The fourth-order valence-electron chi connectivity index (χ4n) is 2.90. The minimum Gasteiger partial charge on any atom is -0.508 e. The molecule has 6 heteroatoms. The second-order valence-electron chi connectivity index (χ2n) is 5.70. The topological polar surface area (TPSA) is 75.4 Å². The molecule has 3 aromatic carbocycles. The molecule has 3 rings (SSSR count). The molecule has 0 fully saturated rings. The van der Waals surface area contributed by atoms with Gasteiger partial charge in [0.25, 0.3) is 5.69 Å². The molecule has 0 aromatic heterocycles. The first kappa shape index (κ1) is 16.9. The maximum Gasteiger partial charge on any atom is 0.269 e. The molecule has 126 valence electrons. The van der Waals surface area contributed by atoms with Gasteiger partial charge in [0.1, 0.15) is 5.75 Å². The average molecular weight is 352 g/mol. The highest BCUT2D eigenvalue weighted by molar-refractivity contribution is 7.80. The van der Waals surface area contributed by atoms with E-state index >= 15 is 0 Å². The van der Waals surface area contributed by atoms with Crippen molar-refractivity contribution < 1.29 is 10.0 Å². The highest BCUT2D eigenvalue weighted by atomic mass is 32.1. The van der Waals surface area contributed by atoms with Gasteiger partial charge in [0, 0.05) is 17.7 Å². The quantitative estimate of drug-likeness (QED) is 0.411. The van der Waals surface area contributed by atoms with Crippen LogP contribution in [0.4, 0.5) is 5.69 Å². The molecule has 0 amide bonds. The van der Waals surface area contributed by atoms with Crippen molar-refractivity contribution in [2.45, 2.75) is 13.0 Å². The monoisotopic (exact) mass is 352 g/mol. The van der Waals surface area contributed by atoms with Crippen molar-refractivity contribution in [3.8, 4) is 5.75 Å². The van der Waals surface area contributed by atoms with Gasteiger partial charge >= 0.3 is 0 Å². The number of nitro benzene ring substituents is 1. The van der Waals surface area contributed by atoms with Crippen LogP contribution < -0.4 is 5.32 Å². The number of nitro groups is 1. The number of phenols is 1. The number of nitrogens with one attached hydrogen (secondary N) is 1. The molecule has 0 aliphatic rings. The van der Waals surface area contributed by atoms with Gasteiger partial charge in [-0.25, -0.2) is 0 Å². The van der Waals surface area contributed by atoms with Crippen molar-refractivity contribution in [3.63, 3.8) is 0 Å². The summed E-state index contributed by atoms with van der Waals surface area (Å²) in [6, 6.07) is 17.1. The molecule has 5 nitrogen and oxygen atoms in total. The number of aromatic hydroxyl groups is 1. The van der Waals surface area contributed by atoms with Gasteiger partial charge in [-0.3, -0.25) is 10.1 Å². The molecule has 1 unspecified atom stereocenters. The van der Waals surface area contributed by atoms with E-state index in [9.17, 15) is 15.2 Å². The zero-order valence-corrected chi connectivity index (χ0v) is 14.3. The van der Waals surface area contributed by atoms with E-state index in [-0.39, 0.29) is 11.4 Å². The molecule has 0 saturated carbocycles. The zero-order chi connectivity index (χ0) is 18.0. The Labute approximate surface area is 150 Å². The standard InChI is InChI=1S/C19H16N2O3S/c1-12(25)20-19(14-6-9-15(10-7-14)21(23)24)18-16-5-3-2-4-13(16)8-11-17(18)22/h2-11,19,22H,1H3,(H,20,25). The van der Waals surface area contributed by atoms with Crippen LogP contribution in [0, 0.1) is 10.1 Å². The van der Waals surface area contributed by atoms with Gasteiger partial charge in [-0.2, -0.15) is 0 Å². The molecule has 0 heterocycles. The van der Waals surface area contributed by atoms with E-state index in [0.29, 0.717) is 10.6 Å². The van der Waals surface area contributed by atoms with Gasteiger partial charge < -0.3 is 10.4 Å². The molecule has 0 radical (unpaired) electrons. The first-order valence-electron chi connectivity index (χ1n) is 7.69. The maximum absolute atomic E-state index is 10.9. The van der Waals surface area contributed by atoms with Gasteiger partial charge in [-0.1, -0.05) is 42.5 Å². The van der Waals surface area contributed by atoms with Crippen LogP contribution in [0.1, 0.15) is 24.1 Å². The molecule has 0 aliphatic heterocycles. The van der Waals surface area contributed by atoms with E-state index < -0.39 is 11.0 Å². The lowest BCUT2D eigenvalue weighted by atomic mass is 9.92. The highest BCUT2D eigenvalue weighted by Crippen LogP contribution is 2.36. The summed E-state index contributed by atoms with van der Waals surface area (Å²) in [6.07, 6.45) is 0. The lowest BCUT2D eigenvalue weighted by Gasteiger charge is -2.23. The van der Waals surface area contributed by atoms with Crippen LogP contribution in [0.2, 0.25) is 0 Å². The van der Waals surface area contributed by atoms with Crippen LogP contribution in [0.5, 0.6) is 5.75 Å². The third-order valence-corrected chi connectivity index (χ3v) is 4.14. The molecule has 0 spiro atoms. The average Bonchev–Trinajstić information content (AvgIpc) is 2.60. The first-order chi connectivity index (χ1) is 12.0. The van der Waals surface area contributed by atoms with Crippen molar-refractivity contribution in [1.82, 2.24) is 5.32 Å². The SMILES string of the molecule is CC(=S)NC(c1ccc([N+](=O)[O-])cc1)c1c(O)ccc2ccccc12. The lowest BCUT2D eigenvalue weighted by Crippen LogP contribution is -2.26. The van der Waals surface area contributed by atoms with Gasteiger partial charge in [-0.05, 0) is 41.5 Å². The number of benzene rings is 3. The molecule has 2 N–H and O–H groups in total. The van der Waals surface area contributed by atoms with Crippen LogP contribution in [0.25, 0.3) is 10.8 Å². The highest BCUT2D eigenvalue weighted by Gasteiger charge is 2.21. The van der Waals surface area contributed by atoms with Crippen molar-refractivity contribution >= 4 is 33.7 Å². The van der Waals surface area contributed by atoms with Crippen molar-refractivity contribution in [2.75, 3.05) is 0 Å². The van der Waals surface area contributed by atoms with E-state index in [1.807, 2.05) is 30.3 Å². The Balaban J connectivity index is 2.18. The van der Waals surface area contributed by atoms with Crippen molar-refractivity contribution in [1.29, 1.82) is 0 Å². The van der Waals surface area contributed by atoms with Gasteiger partial charge in [0.15, 0.2) is 0 Å². The lowest BCUT2D eigenvalue weighted by molar-refractivity contribution is -0.384. The van der Waals surface area contributed by atoms with E-state index in [0.717, 1.165) is 16.3 Å². The molecule has 1 atom stereocenters.